The van der Waals surface area contributed by atoms with Crippen molar-refractivity contribution in [1.82, 2.24) is 19.5 Å². The van der Waals surface area contributed by atoms with E-state index in [1.165, 1.54) is 6.20 Å². The number of piperidine rings is 1. The van der Waals surface area contributed by atoms with Crippen molar-refractivity contribution in [2.24, 2.45) is 5.92 Å². The zero-order chi connectivity index (χ0) is 17.8. The summed E-state index contributed by atoms with van der Waals surface area (Å²) in [5.74, 6) is 1.52. The lowest BCUT2D eigenvalue weighted by Gasteiger charge is -2.32. The van der Waals surface area contributed by atoms with Crippen LogP contribution in [0.5, 0.6) is 0 Å². The summed E-state index contributed by atoms with van der Waals surface area (Å²) in [4.78, 5) is 27.2. The Balaban J connectivity index is 1.59. The van der Waals surface area contributed by atoms with E-state index >= 15 is 0 Å². The van der Waals surface area contributed by atoms with Crippen LogP contribution in [0.4, 0.5) is 5.82 Å². The predicted octanol–water partition coefficient (Wildman–Crippen LogP) is 1.94. The number of hydrogen-bond acceptors (Lipinski definition) is 6. The van der Waals surface area contributed by atoms with Crippen molar-refractivity contribution in [3.8, 4) is 6.07 Å². The van der Waals surface area contributed by atoms with E-state index in [9.17, 15) is 4.79 Å². The molecule has 1 fully saturated rings. The van der Waals surface area contributed by atoms with Gasteiger partial charge in [0.15, 0.2) is 5.69 Å². The van der Waals surface area contributed by atoms with Crippen molar-refractivity contribution in [2.75, 3.05) is 18.0 Å². The highest BCUT2D eigenvalue weighted by molar-refractivity contribution is 5.37. The minimum Gasteiger partial charge on any atom is -0.355 e. The molecule has 1 saturated heterocycles. The Morgan fingerprint density at radius 1 is 1.24 bits per heavy atom. The van der Waals surface area contributed by atoms with Crippen molar-refractivity contribution < 1.29 is 0 Å². The molecule has 0 spiro atoms. The molecule has 130 valence electrons. The first kappa shape index (κ1) is 17.1. The molecule has 2 aromatic heterocycles. The summed E-state index contributed by atoms with van der Waals surface area (Å²) in [6.07, 6.45) is 6.80. The molecular weight excluding hydrogens is 316 g/mol. The Bertz CT molecular complexity index is 813. The predicted molar refractivity (Wildman–Crippen MR) is 94.3 cm³/mol. The molecule has 7 nitrogen and oxygen atoms in total. The van der Waals surface area contributed by atoms with Gasteiger partial charge < -0.3 is 4.90 Å². The standard InChI is InChI=1S/C18H22N6O/c1-13(2)16-7-18(25)24(12-22-16)11-14-3-5-23(6-4-14)17-10-20-15(8-19)9-21-17/h7,9-10,12-14H,3-6,11H2,1-2H3. The van der Waals surface area contributed by atoms with Gasteiger partial charge in [0.1, 0.15) is 11.9 Å². The van der Waals surface area contributed by atoms with Gasteiger partial charge in [0.05, 0.1) is 24.4 Å². The first-order valence-electron chi connectivity index (χ1n) is 8.60. The molecule has 0 unspecified atom stereocenters. The third-order valence-electron chi connectivity index (χ3n) is 4.64. The Morgan fingerprint density at radius 2 is 2.00 bits per heavy atom. The zero-order valence-corrected chi connectivity index (χ0v) is 14.6. The molecule has 0 amide bonds. The summed E-state index contributed by atoms with van der Waals surface area (Å²) in [7, 11) is 0. The number of nitrogens with zero attached hydrogens (tertiary/aromatic N) is 6. The third kappa shape index (κ3) is 4.02. The number of aromatic nitrogens is 4. The monoisotopic (exact) mass is 338 g/mol. The molecule has 0 atom stereocenters. The molecule has 0 saturated carbocycles. The lowest BCUT2D eigenvalue weighted by atomic mass is 9.96. The highest BCUT2D eigenvalue weighted by atomic mass is 16.1. The van der Waals surface area contributed by atoms with Gasteiger partial charge in [-0.3, -0.25) is 9.36 Å². The van der Waals surface area contributed by atoms with Crippen LogP contribution >= 0.6 is 0 Å². The van der Waals surface area contributed by atoms with Crippen LogP contribution in [0.1, 0.15) is 44.0 Å². The van der Waals surface area contributed by atoms with Crippen LogP contribution < -0.4 is 10.5 Å². The Labute approximate surface area is 147 Å². The van der Waals surface area contributed by atoms with E-state index in [1.807, 2.05) is 19.9 Å². The van der Waals surface area contributed by atoms with Gasteiger partial charge in [-0.2, -0.15) is 5.26 Å². The first-order valence-corrected chi connectivity index (χ1v) is 8.60. The van der Waals surface area contributed by atoms with Crippen molar-refractivity contribution in [3.63, 3.8) is 0 Å². The van der Waals surface area contributed by atoms with Crippen molar-refractivity contribution in [3.05, 3.63) is 46.5 Å². The summed E-state index contributed by atoms with van der Waals surface area (Å²) in [5, 5.41) is 8.78. The molecule has 3 heterocycles. The maximum atomic E-state index is 12.2. The van der Waals surface area contributed by atoms with Crippen molar-refractivity contribution in [2.45, 2.75) is 39.2 Å². The molecule has 1 aliphatic rings. The third-order valence-corrected chi connectivity index (χ3v) is 4.64. The normalized spacial score (nSPS) is 15.4. The van der Waals surface area contributed by atoms with E-state index in [1.54, 1.807) is 23.2 Å². The van der Waals surface area contributed by atoms with Crippen LogP contribution in [0, 0.1) is 17.2 Å². The minimum atomic E-state index is 0.0269. The maximum absolute atomic E-state index is 12.2. The molecule has 2 aromatic rings. The van der Waals surface area contributed by atoms with Crippen LogP contribution in [-0.2, 0) is 6.54 Å². The second-order valence-electron chi connectivity index (χ2n) is 6.76. The molecular formula is C18H22N6O. The van der Waals surface area contributed by atoms with Gasteiger partial charge in [-0.1, -0.05) is 13.8 Å². The molecule has 25 heavy (non-hydrogen) atoms. The average molecular weight is 338 g/mol. The Hall–Kier alpha value is -2.75. The Morgan fingerprint density at radius 3 is 2.56 bits per heavy atom. The molecule has 0 bridgehead atoms. The van der Waals surface area contributed by atoms with Gasteiger partial charge in [-0.05, 0) is 24.7 Å². The van der Waals surface area contributed by atoms with Gasteiger partial charge in [0, 0.05) is 25.7 Å². The molecule has 0 N–H and O–H groups in total. The lowest BCUT2D eigenvalue weighted by molar-refractivity contribution is 0.349. The molecule has 0 aromatic carbocycles. The smallest absolute Gasteiger partial charge is 0.253 e. The van der Waals surface area contributed by atoms with E-state index < -0.39 is 0 Å². The molecule has 1 aliphatic heterocycles. The van der Waals surface area contributed by atoms with Crippen LogP contribution in [0.3, 0.4) is 0 Å². The second kappa shape index (κ2) is 7.43. The van der Waals surface area contributed by atoms with E-state index in [2.05, 4.69) is 19.9 Å². The van der Waals surface area contributed by atoms with Crippen LogP contribution in [0.25, 0.3) is 0 Å². The lowest BCUT2D eigenvalue weighted by Crippen LogP contribution is -2.37. The topological polar surface area (TPSA) is 87.7 Å². The number of anilines is 1. The van der Waals surface area contributed by atoms with E-state index in [0.29, 0.717) is 18.2 Å². The number of rotatable bonds is 4. The summed E-state index contributed by atoms with van der Waals surface area (Å²) in [6, 6.07) is 3.62. The number of nitriles is 1. The van der Waals surface area contributed by atoms with Crippen LogP contribution in [-0.4, -0.2) is 32.6 Å². The molecule has 7 heteroatoms. The summed E-state index contributed by atoms with van der Waals surface area (Å²) < 4.78 is 1.72. The Kier molecular flexibility index (Phi) is 5.08. The van der Waals surface area contributed by atoms with Gasteiger partial charge >= 0.3 is 0 Å². The van der Waals surface area contributed by atoms with Crippen LogP contribution in [0.15, 0.2) is 29.6 Å². The van der Waals surface area contributed by atoms with Gasteiger partial charge in [-0.15, -0.1) is 0 Å². The summed E-state index contributed by atoms with van der Waals surface area (Å²) in [5.41, 5.74) is 1.20. The molecule has 3 rings (SSSR count). The summed E-state index contributed by atoms with van der Waals surface area (Å²) >= 11 is 0. The minimum absolute atomic E-state index is 0.0269. The molecule has 0 aliphatic carbocycles. The fourth-order valence-electron chi connectivity index (χ4n) is 3.06. The van der Waals surface area contributed by atoms with Gasteiger partial charge in [0.25, 0.3) is 5.56 Å². The fraction of sp³-hybridized carbons (Fsp3) is 0.500. The van der Waals surface area contributed by atoms with Crippen LogP contribution in [0.2, 0.25) is 0 Å². The second-order valence-corrected chi connectivity index (χ2v) is 6.76. The van der Waals surface area contributed by atoms with Crippen molar-refractivity contribution in [1.29, 1.82) is 5.26 Å². The quantitative estimate of drug-likeness (QED) is 0.846. The van der Waals surface area contributed by atoms with E-state index in [0.717, 1.165) is 37.4 Å². The maximum Gasteiger partial charge on any atom is 0.253 e. The van der Waals surface area contributed by atoms with Gasteiger partial charge in [0.2, 0.25) is 0 Å². The van der Waals surface area contributed by atoms with Gasteiger partial charge in [-0.25, -0.2) is 15.0 Å². The van der Waals surface area contributed by atoms with E-state index in [4.69, 9.17) is 5.26 Å². The first-order chi connectivity index (χ1) is 12.1. The van der Waals surface area contributed by atoms with E-state index in [-0.39, 0.29) is 11.5 Å². The SMILES string of the molecule is CC(C)c1cc(=O)n(CC2CCN(c3cnc(C#N)cn3)CC2)cn1. The largest absolute Gasteiger partial charge is 0.355 e. The number of hydrogen-bond donors (Lipinski definition) is 0. The highest BCUT2D eigenvalue weighted by Gasteiger charge is 2.21. The summed E-state index contributed by atoms with van der Waals surface area (Å²) in [6.45, 7) is 6.52. The molecule has 0 radical (unpaired) electrons. The zero-order valence-electron chi connectivity index (χ0n) is 14.6. The average Bonchev–Trinajstić information content (AvgIpc) is 2.64. The van der Waals surface area contributed by atoms with Crippen molar-refractivity contribution >= 4 is 5.82 Å². The fourth-order valence-corrected chi connectivity index (χ4v) is 3.06. The highest BCUT2D eigenvalue weighted by Crippen LogP contribution is 2.22.